The second-order valence-electron chi connectivity index (χ2n) is 6.43. The Balaban J connectivity index is 1.72. The van der Waals surface area contributed by atoms with Crippen molar-refractivity contribution in [1.29, 1.82) is 0 Å². The number of amides is 3. The monoisotopic (exact) mass is 346 g/mol. The molecule has 134 valence electrons. The van der Waals surface area contributed by atoms with E-state index in [1.165, 1.54) is 4.90 Å². The van der Waals surface area contributed by atoms with Gasteiger partial charge in [0.15, 0.2) is 0 Å². The number of hydrogen-bond donors (Lipinski definition) is 1. The third-order valence-electron chi connectivity index (χ3n) is 4.32. The van der Waals surface area contributed by atoms with Gasteiger partial charge in [-0.3, -0.25) is 9.69 Å². The van der Waals surface area contributed by atoms with Gasteiger partial charge in [0.05, 0.1) is 17.9 Å². The van der Waals surface area contributed by atoms with Crippen molar-refractivity contribution in [3.8, 4) is 0 Å². The van der Waals surface area contributed by atoms with Gasteiger partial charge in [-0.1, -0.05) is 17.3 Å². The molecule has 0 unspecified atom stereocenters. The maximum Gasteiger partial charge on any atom is 0.325 e. The first-order valence-corrected chi connectivity index (χ1v) is 8.37. The number of nitrogens with zero attached hydrogens (tertiary/aromatic N) is 5. The molecule has 0 spiro atoms. The van der Waals surface area contributed by atoms with Crippen molar-refractivity contribution in [3.63, 3.8) is 0 Å². The summed E-state index contributed by atoms with van der Waals surface area (Å²) in [4.78, 5) is 26.1. The SMILES string of the molecule is CCc1noc(C)c1CN1C(=O)N[C@H](Cc2cn(C(C)C)nn2)C1=O. The number of carbonyl (C=O) groups excluding carboxylic acids is 2. The highest BCUT2D eigenvalue weighted by Gasteiger charge is 2.39. The molecule has 0 aromatic carbocycles. The van der Waals surface area contributed by atoms with Gasteiger partial charge in [-0.25, -0.2) is 9.48 Å². The van der Waals surface area contributed by atoms with E-state index in [1.807, 2.05) is 20.8 Å². The Morgan fingerprint density at radius 1 is 1.36 bits per heavy atom. The summed E-state index contributed by atoms with van der Waals surface area (Å²) in [5, 5.41) is 14.8. The van der Waals surface area contributed by atoms with Crippen LogP contribution in [0.4, 0.5) is 4.79 Å². The van der Waals surface area contributed by atoms with Gasteiger partial charge in [0, 0.05) is 24.2 Å². The van der Waals surface area contributed by atoms with Crippen LogP contribution in [-0.4, -0.2) is 43.0 Å². The Bertz CT molecular complexity index is 794. The molecule has 2 aromatic heterocycles. The van der Waals surface area contributed by atoms with Crippen LogP contribution in [0, 0.1) is 6.92 Å². The van der Waals surface area contributed by atoms with E-state index in [4.69, 9.17) is 4.52 Å². The fourth-order valence-corrected chi connectivity index (χ4v) is 2.81. The van der Waals surface area contributed by atoms with Crippen LogP contribution in [0.3, 0.4) is 0 Å². The van der Waals surface area contributed by atoms with Crippen LogP contribution in [0.1, 0.15) is 49.5 Å². The zero-order valence-electron chi connectivity index (χ0n) is 14.8. The molecule has 3 heterocycles. The van der Waals surface area contributed by atoms with Crippen molar-refractivity contribution in [2.45, 2.75) is 59.2 Å². The fraction of sp³-hybridized carbons (Fsp3) is 0.562. The van der Waals surface area contributed by atoms with Gasteiger partial charge in [-0.2, -0.15) is 0 Å². The summed E-state index contributed by atoms with van der Waals surface area (Å²) in [6.07, 6.45) is 2.79. The molecule has 1 fully saturated rings. The summed E-state index contributed by atoms with van der Waals surface area (Å²) in [5.41, 5.74) is 2.23. The number of aromatic nitrogens is 4. The van der Waals surface area contributed by atoms with Gasteiger partial charge < -0.3 is 9.84 Å². The number of nitrogens with one attached hydrogen (secondary N) is 1. The standard InChI is InChI=1S/C16H22N6O3/c1-5-13-12(10(4)25-19-13)8-21-15(23)14(17-16(21)24)6-11-7-22(9(2)3)20-18-11/h7,9,14H,5-6,8H2,1-4H3,(H,17,24)/t14-/m1/s1. The lowest BCUT2D eigenvalue weighted by atomic mass is 10.1. The first-order chi connectivity index (χ1) is 11.9. The normalized spacial score (nSPS) is 17.6. The van der Waals surface area contributed by atoms with Crippen LogP contribution < -0.4 is 5.32 Å². The molecule has 3 amide bonds. The zero-order valence-corrected chi connectivity index (χ0v) is 14.8. The third-order valence-corrected chi connectivity index (χ3v) is 4.32. The topological polar surface area (TPSA) is 106 Å². The molecular formula is C16H22N6O3. The van der Waals surface area contributed by atoms with Crippen LogP contribution in [-0.2, 0) is 24.2 Å². The molecule has 25 heavy (non-hydrogen) atoms. The van der Waals surface area contributed by atoms with Gasteiger partial charge >= 0.3 is 6.03 Å². The molecule has 1 N–H and O–H groups in total. The minimum Gasteiger partial charge on any atom is -0.361 e. The zero-order chi connectivity index (χ0) is 18.1. The third kappa shape index (κ3) is 3.26. The number of urea groups is 1. The van der Waals surface area contributed by atoms with Crippen molar-refractivity contribution in [2.75, 3.05) is 0 Å². The van der Waals surface area contributed by atoms with Crippen LogP contribution in [0.2, 0.25) is 0 Å². The Labute approximate surface area is 145 Å². The van der Waals surface area contributed by atoms with Crippen LogP contribution in [0.25, 0.3) is 0 Å². The Kier molecular flexibility index (Phi) is 4.56. The molecule has 2 aromatic rings. The second-order valence-corrected chi connectivity index (χ2v) is 6.43. The van der Waals surface area contributed by atoms with Crippen molar-refractivity contribution in [3.05, 3.63) is 28.9 Å². The molecule has 3 rings (SSSR count). The van der Waals surface area contributed by atoms with E-state index in [0.29, 0.717) is 24.3 Å². The summed E-state index contributed by atoms with van der Waals surface area (Å²) < 4.78 is 6.90. The van der Waals surface area contributed by atoms with Gasteiger partial charge in [0.2, 0.25) is 0 Å². The average Bonchev–Trinajstić information content (AvgIpc) is 3.24. The van der Waals surface area contributed by atoms with Crippen LogP contribution >= 0.6 is 0 Å². The lowest BCUT2D eigenvalue weighted by molar-refractivity contribution is -0.127. The van der Waals surface area contributed by atoms with E-state index in [0.717, 1.165) is 11.3 Å². The molecule has 0 radical (unpaired) electrons. The van der Waals surface area contributed by atoms with Gasteiger partial charge in [0.25, 0.3) is 5.91 Å². The molecule has 0 bridgehead atoms. The molecule has 1 atom stereocenters. The summed E-state index contributed by atoms with van der Waals surface area (Å²) in [6, 6.07) is -0.848. The number of rotatable bonds is 6. The smallest absolute Gasteiger partial charge is 0.325 e. The molecule has 9 heteroatoms. The summed E-state index contributed by atoms with van der Waals surface area (Å²) >= 11 is 0. The summed E-state index contributed by atoms with van der Waals surface area (Å²) in [6.45, 7) is 7.89. The van der Waals surface area contributed by atoms with Gasteiger partial charge in [-0.05, 0) is 27.2 Å². The molecule has 1 aliphatic heterocycles. The maximum absolute atomic E-state index is 12.6. The molecule has 0 aliphatic carbocycles. The lowest BCUT2D eigenvalue weighted by Gasteiger charge is -2.12. The van der Waals surface area contributed by atoms with Crippen LogP contribution in [0.15, 0.2) is 10.7 Å². The second kappa shape index (κ2) is 6.66. The van der Waals surface area contributed by atoms with E-state index >= 15 is 0 Å². The maximum atomic E-state index is 12.6. The predicted molar refractivity (Wildman–Crippen MR) is 87.6 cm³/mol. The van der Waals surface area contributed by atoms with Crippen molar-refractivity contribution in [2.24, 2.45) is 0 Å². The highest BCUT2D eigenvalue weighted by atomic mass is 16.5. The summed E-state index contributed by atoms with van der Waals surface area (Å²) in [7, 11) is 0. The van der Waals surface area contributed by atoms with Crippen molar-refractivity contribution in [1.82, 2.24) is 30.4 Å². The van der Waals surface area contributed by atoms with E-state index in [1.54, 1.807) is 17.8 Å². The Hall–Kier alpha value is -2.71. The average molecular weight is 346 g/mol. The van der Waals surface area contributed by atoms with E-state index < -0.39 is 12.1 Å². The lowest BCUT2D eigenvalue weighted by Crippen LogP contribution is -2.32. The quantitative estimate of drug-likeness (QED) is 0.792. The number of hydrogen-bond acceptors (Lipinski definition) is 6. The van der Waals surface area contributed by atoms with Gasteiger partial charge in [0.1, 0.15) is 11.8 Å². The molecule has 1 saturated heterocycles. The molecule has 9 nitrogen and oxygen atoms in total. The van der Waals surface area contributed by atoms with Crippen LogP contribution in [0.5, 0.6) is 0 Å². The minimum atomic E-state index is -0.630. The van der Waals surface area contributed by atoms with E-state index in [2.05, 4.69) is 20.8 Å². The van der Waals surface area contributed by atoms with E-state index in [9.17, 15) is 9.59 Å². The Morgan fingerprint density at radius 3 is 2.76 bits per heavy atom. The minimum absolute atomic E-state index is 0.165. The molecular weight excluding hydrogens is 324 g/mol. The largest absolute Gasteiger partial charge is 0.361 e. The predicted octanol–water partition coefficient (Wildman–Crippen LogP) is 1.38. The highest BCUT2D eigenvalue weighted by molar-refractivity contribution is 6.04. The van der Waals surface area contributed by atoms with Crippen molar-refractivity contribution >= 4 is 11.9 Å². The number of imide groups is 1. The fourth-order valence-electron chi connectivity index (χ4n) is 2.81. The highest BCUT2D eigenvalue weighted by Crippen LogP contribution is 2.20. The Morgan fingerprint density at radius 2 is 2.12 bits per heavy atom. The molecule has 0 saturated carbocycles. The first-order valence-electron chi connectivity index (χ1n) is 8.37. The number of aryl methyl sites for hydroxylation is 2. The van der Waals surface area contributed by atoms with E-state index in [-0.39, 0.29) is 18.5 Å². The summed E-state index contributed by atoms with van der Waals surface area (Å²) in [5.74, 6) is 0.354. The van der Waals surface area contributed by atoms with Gasteiger partial charge in [-0.15, -0.1) is 5.10 Å². The first kappa shape index (κ1) is 17.1. The molecule has 1 aliphatic rings. The number of carbonyl (C=O) groups is 2. The van der Waals surface area contributed by atoms with Crippen molar-refractivity contribution < 1.29 is 14.1 Å².